The molecule has 0 spiro atoms. The van der Waals surface area contributed by atoms with Crippen molar-refractivity contribution in [1.82, 2.24) is 0 Å². The maximum Gasteiger partial charge on any atom is 0.331 e. The third kappa shape index (κ3) is 4.54. The third-order valence-corrected chi connectivity index (χ3v) is 3.21. The number of benzene rings is 2. The quantitative estimate of drug-likeness (QED) is 0.638. The van der Waals surface area contributed by atoms with Gasteiger partial charge in [-0.15, -0.1) is 0 Å². The molecule has 0 aliphatic heterocycles. The highest BCUT2D eigenvalue weighted by atomic mass is 16.5. The molecule has 4 nitrogen and oxygen atoms in total. The summed E-state index contributed by atoms with van der Waals surface area (Å²) < 4.78 is 5.57. The molecule has 0 heterocycles. The second-order valence-corrected chi connectivity index (χ2v) is 4.92. The topological polar surface area (TPSA) is 58.9 Å². The number of hydrogen-bond donors (Lipinski definition) is 1. The molecule has 2 aromatic rings. The lowest BCUT2D eigenvalue weighted by molar-refractivity contribution is -0.132. The van der Waals surface area contributed by atoms with Crippen LogP contribution >= 0.6 is 0 Å². The van der Waals surface area contributed by atoms with Gasteiger partial charge in [-0.1, -0.05) is 30.3 Å². The first-order chi connectivity index (χ1) is 11.1. The van der Waals surface area contributed by atoms with Gasteiger partial charge in [-0.25, -0.2) is 4.79 Å². The van der Waals surface area contributed by atoms with E-state index in [0.717, 1.165) is 16.9 Å². The van der Waals surface area contributed by atoms with E-state index in [2.05, 4.69) is 4.99 Å². The fourth-order valence-electron chi connectivity index (χ4n) is 2.04. The highest BCUT2D eigenvalue weighted by Gasteiger charge is 2.04. The van der Waals surface area contributed by atoms with E-state index in [0.29, 0.717) is 12.3 Å². The van der Waals surface area contributed by atoms with Gasteiger partial charge in [0.2, 0.25) is 0 Å². The second kappa shape index (κ2) is 7.94. The van der Waals surface area contributed by atoms with Crippen LogP contribution in [0.3, 0.4) is 0 Å². The van der Waals surface area contributed by atoms with Gasteiger partial charge < -0.3 is 9.84 Å². The number of hydrogen-bond acceptors (Lipinski definition) is 3. The van der Waals surface area contributed by atoms with Gasteiger partial charge in [0, 0.05) is 22.9 Å². The third-order valence-electron chi connectivity index (χ3n) is 3.21. The summed E-state index contributed by atoms with van der Waals surface area (Å²) in [6.45, 7) is 4.08. The Hall–Kier alpha value is -2.88. The molecule has 0 atom stereocenters. The lowest BCUT2D eigenvalue weighted by Gasteiger charge is -2.06. The lowest BCUT2D eigenvalue weighted by Crippen LogP contribution is -1.96. The van der Waals surface area contributed by atoms with Gasteiger partial charge in [0.15, 0.2) is 0 Å². The molecule has 2 rings (SSSR count). The minimum absolute atomic E-state index is 0.266. The number of carbonyl (C=O) groups is 1. The number of nitrogens with zero attached hydrogens (tertiary/aromatic N) is 1. The van der Waals surface area contributed by atoms with Crippen molar-refractivity contribution in [1.29, 1.82) is 0 Å². The largest absolute Gasteiger partial charge is 0.493 e. The van der Waals surface area contributed by atoms with E-state index < -0.39 is 5.97 Å². The number of aliphatic imine (C=N–C) groups is 1. The zero-order chi connectivity index (χ0) is 16.7. The molecule has 23 heavy (non-hydrogen) atoms. The van der Waals surface area contributed by atoms with Gasteiger partial charge in [0.25, 0.3) is 0 Å². The molecule has 0 aliphatic rings. The summed E-state index contributed by atoms with van der Waals surface area (Å²) in [5, 5.41) is 9.01. The summed E-state index contributed by atoms with van der Waals surface area (Å²) in [6, 6.07) is 15.1. The number of ether oxygens (including phenoxy) is 1. The molecule has 0 amide bonds. The standard InChI is InChI=1S/C19H19NO3/c1-3-23-18-11-7-5-9-16(18)13-20-17-10-6-4-8-15(17)12-14(2)19(21)22/h4-13H,3H2,1-2H3,(H,21,22)/b14-12+,20-13?. The SMILES string of the molecule is CCOc1ccccc1C=Nc1ccccc1/C=C(\C)C(=O)O. The Morgan fingerprint density at radius 1 is 1.13 bits per heavy atom. The number of para-hydroxylation sites is 2. The number of rotatable bonds is 6. The smallest absolute Gasteiger partial charge is 0.331 e. The molecular weight excluding hydrogens is 290 g/mol. The van der Waals surface area contributed by atoms with Crippen LogP contribution in [0.15, 0.2) is 59.1 Å². The van der Waals surface area contributed by atoms with E-state index >= 15 is 0 Å². The van der Waals surface area contributed by atoms with Crippen molar-refractivity contribution in [3.63, 3.8) is 0 Å². The fourth-order valence-corrected chi connectivity index (χ4v) is 2.04. The summed E-state index contributed by atoms with van der Waals surface area (Å²) in [7, 11) is 0. The minimum Gasteiger partial charge on any atom is -0.493 e. The molecule has 0 saturated carbocycles. The van der Waals surface area contributed by atoms with Crippen molar-refractivity contribution < 1.29 is 14.6 Å². The Morgan fingerprint density at radius 2 is 1.78 bits per heavy atom. The zero-order valence-corrected chi connectivity index (χ0v) is 13.2. The van der Waals surface area contributed by atoms with Crippen LogP contribution in [-0.2, 0) is 4.79 Å². The van der Waals surface area contributed by atoms with Crippen LogP contribution in [0.2, 0.25) is 0 Å². The number of carboxylic acid groups (broad SMARTS) is 1. The maximum atomic E-state index is 11.0. The molecule has 1 N–H and O–H groups in total. The van der Waals surface area contributed by atoms with Crippen LogP contribution < -0.4 is 4.74 Å². The minimum atomic E-state index is -0.939. The van der Waals surface area contributed by atoms with Gasteiger partial charge in [0.1, 0.15) is 5.75 Å². The second-order valence-electron chi connectivity index (χ2n) is 4.92. The van der Waals surface area contributed by atoms with Gasteiger partial charge in [-0.3, -0.25) is 4.99 Å². The number of carboxylic acids is 1. The molecule has 4 heteroatoms. The molecular formula is C19H19NO3. The average Bonchev–Trinajstić information content (AvgIpc) is 2.55. The Bertz CT molecular complexity index is 748. The lowest BCUT2D eigenvalue weighted by atomic mass is 10.1. The monoisotopic (exact) mass is 309 g/mol. The van der Waals surface area contributed by atoms with E-state index in [-0.39, 0.29) is 5.57 Å². The summed E-state index contributed by atoms with van der Waals surface area (Å²) in [5.74, 6) is -0.168. The summed E-state index contributed by atoms with van der Waals surface area (Å²) in [4.78, 5) is 15.5. The van der Waals surface area contributed by atoms with E-state index in [9.17, 15) is 4.79 Å². The molecule has 118 valence electrons. The maximum absolute atomic E-state index is 11.0. The van der Waals surface area contributed by atoms with Gasteiger partial charge in [0.05, 0.1) is 12.3 Å². The summed E-state index contributed by atoms with van der Waals surface area (Å²) in [5.41, 5.74) is 2.61. The number of aliphatic carboxylic acids is 1. The van der Waals surface area contributed by atoms with Gasteiger partial charge in [-0.05, 0) is 38.1 Å². The molecule has 0 aliphatic carbocycles. The normalized spacial score (nSPS) is 11.7. The van der Waals surface area contributed by atoms with Crippen LogP contribution in [0.4, 0.5) is 5.69 Å². The van der Waals surface area contributed by atoms with E-state index in [1.807, 2.05) is 55.5 Å². The van der Waals surface area contributed by atoms with Gasteiger partial charge in [-0.2, -0.15) is 0 Å². The van der Waals surface area contributed by atoms with E-state index in [1.165, 1.54) is 0 Å². The van der Waals surface area contributed by atoms with E-state index in [1.54, 1.807) is 19.2 Å². The molecule has 0 radical (unpaired) electrons. The average molecular weight is 309 g/mol. The molecule has 0 saturated heterocycles. The highest BCUT2D eigenvalue weighted by Crippen LogP contribution is 2.23. The first kappa shape index (κ1) is 16.5. The Balaban J connectivity index is 2.34. The predicted octanol–water partition coefficient (Wildman–Crippen LogP) is 4.32. The van der Waals surface area contributed by atoms with Crippen molar-refractivity contribution in [2.45, 2.75) is 13.8 Å². The molecule has 0 aromatic heterocycles. The molecule has 0 bridgehead atoms. The van der Waals surface area contributed by atoms with Crippen LogP contribution in [0, 0.1) is 0 Å². The summed E-state index contributed by atoms with van der Waals surface area (Å²) in [6.07, 6.45) is 3.34. The zero-order valence-electron chi connectivity index (χ0n) is 13.2. The first-order valence-electron chi connectivity index (χ1n) is 7.38. The molecule has 2 aromatic carbocycles. The summed E-state index contributed by atoms with van der Waals surface area (Å²) >= 11 is 0. The van der Waals surface area contributed by atoms with E-state index in [4.69, 9.17) is 9.84 Å². The highest BCUT2D eigenvalue weighted by molar-refractivity contribution is 5.93. The Kier molecular flexibility index (Phi) is 5.69. The van der Waals surface area contributed by atoms with Crippen molar-refractivity contribution in [2.24, 2.45) is 4.99 Å². The van der Waals surface area contributed by atoms with Crippen molar-refractivity contribution in [3.05, 3.63) is 65.2 Å². The first-order valence-corrected chi connectivity index (χ1v) is 7.38. The van der Waals surface area contributed by atoms with Crippen LogP contribution in [0.25, 0.3) is 6.08 Å². The molecule has 0 fully saturated rings. The van der Waals surface area contributed by atoms with Crippen molar-refractivity contribution in [3.8, 4) is 5.75 Å². The fraction of sp³-hybridized carbons (Fsp3) is 0.158. The predicted molar refractivity (Wildman–Crippen MR) is 92.6 cm³/mol. The van der Waals surface area contributed by atoms with Crippen molar-refractivity contribution >= 4 is 23.9 Å². The van der Waals surface area contributed by atoms with Crippen LogP contribution in [0.5, 0.6) is 5.75 Å². The molecule has 0 unspecified atom stereocenters. The van der Waals surface area contributed by atoms with Crippen LogP contribution in [-0.4, -0.2) is 23.9 Å². The van der Waals surface area contributed by atoms with Gasteiger partial charge >= 0.3 is 5.97 Å². The van der Waals surface area contributed by atoms with Crippen molar-refractivity contribution in [2.75, 3.05) is 6.61 Å². The Morgan fingerprint density at radius 3 is 2.48 bits per heavy atom. The Labute approximate surface area is 135 Å². The van der Waals surface area contributed by atoms with Crippen LogP contribution in [0.1, 0.15) is 25.0 Å².